The molecule has 2 aromatic carbocycles. The Balaban J connectivity index is 1.79. The largest absolute Gasteiger partial charge is 0.461 e. The molecule has 0 spiro atoms. The van der Waals surface area contributed by atoms with E-state index in [-0.39, 0.29) is 11.1 Å². The molecule has 5 rings (SSSR count). The van der Waals surface area contributed by atoms with Gasteiger partial charge in [0.2, 0.25) is 5.79 Å². The third-order valence-corrected chi connectivity index (χ3v) is 5.66. The van der Waals surface area contributed by atoms with Crippen molar-refractivity contribution in [3.63, 3.8) is 0 Å². The Labute approximate surface area is 166 Å². The van der Waals surface area contributed by atoms with E-state index in [4.69, 9.17) is 13.9 Å². The second-order valence-electron chi connectivity index (χ2n) is 7.59. The van der Waals surface area contributed by atoms with Crippen LogP contribution in [0.5, 0.6) is 5.75 Å². The molecule has 2 aliphatic heterocycles. The fourth-order valence-corrected chi connectivity index (χ4v) is 4.30. The first kappa shape index (κ1) is 17.9. The number of hydrogen-bond donors (Lipinski definition) is 0. The van der Waals surface area contributed by atoms with E-state index in [0.717, 1.165) is 24.0 Å². The maximum absolute atomic E-state index is 14.0. The molecular weight excluding hydrogens is 373 g/mol. The molecule has 3 heterocycles. The van der Waals surface area contributed by atoms with Gasteiger partial charge in [0.25, 0.3) is 0 Å². The van der Waals surface area contributed by atoms with Crippen LogP contribution in [0, 0.1) is 17.1 Å². The summed E-state index contributed by atoms with van der Waals surface area (Å²) in [5.74, 6) is -1.07. The average molecular weight is 391 g/mol. The van der Waals surface area contributed by atoms with Gasteiger partial charge in [-0.15, -0.1) is 0 Å². The minimum Gasteiger partial charge on any atom is -0.461 e. The van der Waals surface area contributed by atoms with Gasteiger partial charge in [-0.1, -0.05) is 19.4 Å². The Morgan fingerprint density at radius 2 is 2.14 bits per heavy atom. The zero-order chi connectivity index (χ0) is 20.2. The molecule has 2 atom stereocenters. The summed E-state index contributed by atoms with van der Waals surface area (Å²) in [6, 6.07) is 11.5. The summed E-state index contributed by atoms with van der Waals surface area (Å²) < 4.78 is 32.1. The van der Waals surface area contributed by atoms with Gasteiger partial charge < -0.3 is 13.9 Å². The number of hydrogen-bond acceptors (Lipinski definition) is 5. The van der Waals surface area contributed by atoms with Crippen molar-refractivity contribution in [2.45, 2.75) is 44.5 Å². The fraction of sp³-hybridized carbons (Fsp3) is 0.304. The number of nitriles is 1. The van der Waals surface area contributed by atoms with Gasteiger partial charge in [-0.25, -0.2) is 9.18 Å². The third kappa shape index (κ3) is 2.73. The number of benzene rings is 2. The lowest BCUT2D eigenvalue weighted by atomic mass is 9.84. The van der Waals surface area contributed by atoms with E-state index in [0.29, 0.717) is 29.5 Å². The number of rotatable bonds is 3. The van der Waals surface area contributed by atoms with Crippen LogP contribution in [0.25, 0.3) is 11.0 Å². The Morgan fingerprint density at radius 3 is 2.93 bits per heavy atom. The first-order valence-electron chi connectivity index (χ1n) is 9.69. The number of ether oxygens (including phenoxy) is 2. The molecule has 0 saturated heterocycles. The SMILES string of the molecule is CCCC[C@]12Cc3cc(C#N)ccc3[C@H](O1)c1c(c3cc(F)ccc3oc1=O)O2. The van der Waals surface area contributed by atoms with Crippen LogP contribution in [0.4, 0.5) is 4.39 Å². The predicted molar refractivity (Wildman–Crippen MR) is 103 cm³/mol. The van der Waals surface area contributed by atoms with Crippen LogP contribution in [0.1, 0.15) is 54.5 Å². The Bertz CT molecular complexity index is 1240. The van der Waals surface area contributed by atoms with E-state index in [9.17, 15) is 14.4 Å². The number of nitrogens with zero attached hydrogens (tertiary/aromatic N) is 1. The fourth-order valence-electron chi connectivity index (χ4n) is 4.30. The lowest BCUT2D eigenvalue weighted by Gasteiger charge is -2.46. The van der Waals surface area contributed by atoms with E-state index in [2.05, 4.69) is 13.0 Å². The molecule has 0 saturated carbocycles. The summed E-state index contributed by atoms with van der Waals surface area (Å²) in [4.78, 5) is 12.8. The molecule has 6 heteroatoms. The van der Waals surface area contributed by atoms with Crippen molar-refractivity contribution in [2.24, 2.45) is 0 Å². The summed E-state index contributed by atoms with van der Waals surface area (Å²) in [5.41, 5.74) is 2.22. The average Bonchev–Trinajstić information content (AvgIpc) is 2.72. The molecular formula is C23H18FNO4. The molecule has 2 aliphatic rings. The highest BCUT2D eigenvalue weighted by Crippen LogP contribution is 2.50. The molecule has 0 radical (unpaired) electrons. The van der Waals surface area contributed by atoms with Crippen molar-refractivity contribution in [3.8, 4) is 11.8 Å². The first-order chi connectivity index (χ1) is 14.0. The maximum atomic E-state index is 14.0. The predicted octanol–water partition coefficient (Wildman–Crippen LogP) is 4.74. The zero-order valence-electron chi connectivity index (χ0n) is 15.8. The lowest BCUT2D eigenvalue weighted by molar-refractivity contribution is -0.232. The van der Waals surface area contributed by atoms with Crippen molar-refractivity contribution in [3.05, 3.63) is 74.9 Å². The Hall–Kier alpha value is -3.17. The van der Waals surface area contributed by atoms with E-state index < -0.39 is 23.3 Å². The molecule has 1 aromatic heterocycles. The second-order valence-corrected chi connectivity index (χ2v) is 7.59. The van der Waals surface area contributed by atoms with Gasteiger partial charge in [-0.3, -0.25) is 0 Å². The number of halogens is 1. The molecule has 0 aliphatic carbocycles. The molecule has 0 amide bonds. The van der Waals surface area contributed by atoms with E-state index >= 15 is 0 Å². The third-order valence-electron chi connectivity index (χ3n) is 5.66. The molecule has 29 heavy (non-hydrogen) atoms. The van der Waals surface area contributed by atoms with Gasteiger partial charge in [0.1, 0.15) is 28.8 Å². The van der Waals surface area contributed by atoms with Gasteiger partial charge in [0.15, 0.2) is 0 Å². The minimum absolute atomic E-state index is 0.237. The zero-order valence-corrected chi connectivity index (χ0v) is 15.8. The van der Waals surface area contributed by atoms with Crippen molar-refractivity contribution in [1.82, 2.24) is 0 Å². The van der Waals surface area contributed by atoms with Crippen molar-refractivity contribution in [1.29, 1.82) is 5.26 Å². The monoisotopic (exact) mass is 391 g/mol. The van der Waals surface area contributed by atoms with Crippen LogP contribution in [0.3, 0.4) is 0 Å². The minimum atomic E-state index is -0.970. The van der Waals surface area contributed by atoms with E-state index in [1.54, 1.807) is 6.07 Å². The normalized spacial score (nSPS) is 21.8. The Morgan fingerprint density at radius 1 is 1.28 bits per heavy atom. The standard InChI is InChI=1S/C23H18FNO4/c1-2-3-8-23-11-14-9-13(12-25)4-6-16(14)20(28-23)19-21(29-23)17-10-15(24)5-7-18(17)27-22(19)26/h4-7,9-10,20H,2-3,8,11H2,1H3/t20-,23-/m0/s1. The first-order valence-corrected chi connectivity index (χ1v) is 9.69. The van der Waals surface area contributed by atoms with Crippen LogP contribution in [0.2, 0.25) is 0 Å². The molecule has 0 fully saturated rings. The van der Waals surface area contributed by atoms with Gasteiger partial charge in [0.05, 0.1) is 17.0 Å². The van der Waals surface area contributed by atoms with Gasteiger partial charge >= 0.3 is 5.63 Å². The topological polar surface area (TPSA) is 72.5 Å². The molecule has 5 nitrogen and oxygen atoms in total. The highest BCUT2D eigenvalue weighted by Gasteiger charge is 2.49. The molecule has 2 bridgehead atoms. The van der Waals surface area contributed by atoms with Crippen LogP contribution in [-0.2, 0) is 11.2 Å². The second kappa shape index (κ2) is 6.43. The highest BCUT2D eigenvalue weighted by atomic mass is 19.1. The van der Waals surface area contributed by atoms with Crippen molar-refractivity contribution in [2.75, 3.05) is 0 Å². The van der Waals surface area contributed by atoms with E-state index in [1.165, 1.54) is 18.2 Å². The summed E-state index contributed by atoms with van der Waals surface area (Å²) in [7, 11) is 0. The quantitative estimate of drug-likeness (QED) is 0.603. The van der Waals surface area contributed by atoms with Crippen LogP contribution < -0.4 is 10.4 Å². The van der Waals surface area contributed by atoms with Crippen LogP contribution in [-0.4, -0.2) is 5.79 Å². The van der Waals surface area contributed by atoms with Crippen molar-refractivity contribution < 1.29 is 18.3 Å². The number of unbranched alkanes of at least 4 members (excludes halogenated alkanes) is 1. The summed E-state index contributed by atoms with van der Waals surface area (Å²) in [5, 5.41) is 9.70. The lowest BCUT2D eigenvalue weighted by Crippen LogP contribution is -2.50. The Kier molecular flexibility index (Phi) is 3.97. The molecule has 0 unspecified atom stereocenters. The molecule has 3 aromatic rings. The van der Waals surface area contributed by atoms with Crippen LogP contribution in [0.15, 0.2) is 45.6 Å². The highest BCUT2D eigenvalue weighted by molar-refractivity contribution is 5.85. The van der Waals surface area contributed by atoms with E-state index in [1.807, 2.05) is 12.1 Å². The summed E-state index contributed by atoms with van der Waals surface area (Å²) in [6.45, 7) is 2.08. The smallest absolute Gasteiger partial charge is 0.346 e. The maximum Gasteiger partial charge on any atom is 0.346 e. The molecule has 0 N–H and O–H groups in total. The number of fused-ring (bicyclic) bond motifs is 8. The summed E-state index contributed by atoms with van der Waals surface area (Å²) >= 11 is 0. The van der Waals surface area contributed by atoms with Gasteiger partial charge in [0, 0.05) is 12.8 Å². The van der Waals surface area contributed by atoms with Gasteiger partial charge in [-0.2, -0.15) is 5.26 Å². The van der Waals surface area contributed by atoms with Gasteiger partial charge in [-0.05, 0) is 47.9 Å². The van der Waals surface area contributed by atoms with Crippen molar-refractivity contribution >= 4 is 11.0 Å². The summed E-state index contributed by atoms with van der Waals surface area (Å²) in [6.07, 6.45) is 2.19. The molecule has 146 valence electrons. The van der Waals surface area contributed by atoms with Crippen LogP contribution >= 0.6 is 0 Å².